The van der Waals surface area contributed by atoms with E-state index in [4.69, 9.17) is 27.4 Å². The maximum absolute atomic E-state index is 12.6. The second-order valence-corrected chi connectivity index (χ2v) is 8.94. The van der Waals surface area contributed by atoms with Crippen LogP contribution in [-0.2, 0) is 11.3 Å². The molecule has 0 aliphatic carbocycles. The Labute approximate surface area is 219 Å². The first-order valence-electron chi connectivity index (χ1n) is 12.3. The van der Waals surface area contributed by atoms with E-state index in [-0.39, 0.29) is 35.4 Å². The molecule has 0 N–H and O–H groups in total. The largest absolute Gasteiger partial charge is 0.417 e. The van der Waals surface area contributed by atoms with E-state index in [1.165, 1.54) is 0 Å². The van der Waals surface area contributed by atoms with Crippen LogP contribution in [0, 0.1) is 0 Å². The molecule has 1 saturated heterocycles. The Balaban J connectivity index is 1.98. The molecule has 4 aromatic rings. The standard InChI is InChI=1S/C26H26N4O9/c1-3-14-35-15-13-30-21-20(27-26(30)29-10-4-9-28(2)11-12-29)22-24(38-18(33)7-5-16(31)36-22)25-23(21)37-17(32)6-8-19(34)39-25/h3,5-8H,1,4,9-15H2,2H3. The molecule has 0 amide bonds. The lowest BCUT2D eigenvalue weighted by Gasteiger charge is -2.23. The molecule has 5 rings (SSSR count). The predicted molar refractivity (Wildman–Crippen MR) is 142 cm³/mol. The van der Waals surface area contributed by atoms with Crippen molar-refractivity contribution >= 4 is 39.3 Å². The number of imidazole rings is 1. The van der Waals surface area contributed by atoms with Crippen LogP contribution in [0.15, 0.2) is 73.8 Å². The summed E-state index contributed by atoms with van der Waals surface area (Å²) in [5.41, 5.74) is -4.59. The fourth-order valence-corrected chi connectivity index (χ4v) is 4.46. The van der Waals surface area contributed by atoms with Crippen molar-refractivity contribution in [2.24, 2.45) is 0 Å². The molecule has 0 atom stereocenters. The maximum atomic E-state index is 12.6. The maximum Gasteiger partial charge on any atom is 0.336 e. The lowest BCUT2D eigenvalue weighted by Crippen LogP contribution is -2.31. The van der Waals surface area contributed by atoms with E-state index < -0.39 is 33.7 Å². The number of benzene rings is 1. The molecule has 0 spiro atoms. The molecular formula is C26H26N4O9. The van der Waals surface area contributed by atoms with E-state index in [0.29, 0.717) is 25.6 Å². The van der Waals surface area contributed by atoms with Gasteiger partial charge in [0.2, 0.25) is 28.3 Å². The van der Waals surface area contributed by atoms with Crippen molar-refractivity contribution in [3.8, 4) is 0 Å². The summed E-state index contributed by atoms with van der Waals surface area (Å²) in [5.74, 6) is 0.484. The number of rotatable bonds is 6. The van der Waals surface area contributed by atoms with Gasteiger partial charge in [-0.3, -0.25) is 0 Å². The summed E-state index contributed by atoms with van der Waals surface area (Å²) < 4.78 is 29.4. The van der Waals surface area contributed by atoms with E-state index in [2.05, 4.69) is 16.4 Å². The first kappa shape index (κ1) is 26.1. The number of nitrogens with zero attached hydrogens (tertiary/aromatic N) is 4. The average molecular weight is 539 g/mol. The summed E-state index contributed by atoms with van der Waals surface area (Å²) in [6.07, 6.45) is 2.47. The van der Waals surface area contributed by atoms with E-state index in [1.807, 2.05) is 7.05 Å². The number of fused-ring (bicyclic) bond motifs is 6. The first-order chi connectivity index (χ1) is 18.9. The van der Waals surface area contributed by atoms with Crippen LogP contribution in [0.25, 0.3) is 33.4 Å². The normalized spacial score (nSPS) is 14.5. The van der Waals surface area contributed by atoms with Gasteiger partial charge >= 0.3 is 22.5 Å². The molecule has 13 nitrogen and oxygen atoms in total. The minimum absolute atomic E-state index is 0.0740. The molecule has 13 heteroatoms. The number of likely N-dealkylation sites (N-methyl/N-ethyl adjacent to an activating group) is 1. The third kappa shape index (κ3) is 5.40. The molecule has 1 aliphatic rings. The highest BCUT2D eigenvalue weighted by Crippen LogP contribution is 2.35. The van der Waals surface area contributed by atoms with Crippen molar-refractivity contribution in [2.45, 2.75) is 13.0 Å². The average Bonchev–Trinajstić information content (AvgIpc) is 3.12. The second kappa shape index (κ2) is 11.1. The molecule has 39 heavy (non-hydrogen) atoms. The highest BCUT2D eigenvalue weighted by atomic mass is 16.5. The third-order valence-corrected chi connectivity index (χ3v) is 6.22. The summed E-state index contributed by atoms with van der Waals surface area (Å²) in [6, 6.07) is 3.57. The van der Waals surface area contributed by atoms with Gasteiger partial charge < -0.3 is 36.8 Å². The van der Waals surface area contributed by atoms with Gasteiger partial charge in [-0.25, -0.2) is 24.2 Å². The van der Waals surface area contributed by atoms with Gasteiger partial charge in [0, 0.05) is 50.4 Å². The molecule has 204 valence electrons. The number of ether oxygens (including phenoxy) is 1. The molecule has 3 aromatic heterocycles. The van der Waals surface area contributed by atoms with Crippen molar-refractivity contribution in [3.05, 3.63) is 78.6 Å². The zero-order valence-corrected chi connectivity index (χ0v) is 21.2. The van der Waals surface area contributed by atoms with Gasteiger partial charge in [0.1, 0.15) is 11.0 Å². The van der Waals surface area contributed by atoms with Crippen LogP contribution in [-0.4, -0.2) is 60.9 Å². The monoisotopic (exact) mass is 538 g/mol. The summed E-state index contributed by atoms with van der Waals surface area (Å²) >= 11 is 0. The molecule has 1 fully saturated rings. The van der Waals surface area contributed by atoms with Crippen LogP contribution in [0.2, 0.25) is 0 Å². The highest BCUT2D eigenvalue weighted by Gasteiger charge is 2.27. The zero-order valence-electron chi connectivity index (χ0n) is 21.2. The molecule has 0 saturated carbocycles. The SMILES string of the molecule is C=CCOCCn1c(N2CCCN(C)CC2)nc2c3oc(=O)ccc(=O)oc3c3oc(=O)ccc(=O)oc3c21. The third-order valence-electron chi connectivity index (χ3n) is 6.22. The Bertz CT molecular complexity index is 1840. The summed E-state index contributed by atoms with van der Waals surface area (Å²) in [5, 5.41) is 0. The van der Waals surface area contributed by atoms with Crippen molar-refractivity contribution in [2.75, 3.05) is 51.3 Å². The molecule has 0 bridgehead atoms. The lowest BCUT2D eigenvalue weighted by atomic mass is 10.2. The Hall–Kier alpha value is -4.49. The lowest BCUT2D eigenvalue weighted by molar-refractivity contribution is 0.154. The quantitative estimate of drug-likeness (QED) is 0.259. The van der Waals surface area contributed by atoms with Gasteiger partial charge in [0.05, 0.1) is 13.2 Å². The minimum atomic E-state index is -0.928. The van der Waals surface area contributed by atoms with E-state index in [1.54, 1.807) is 10.6 Å². The fraction of sp³-hybridized carbons (Fsp3) is 0.346. The number of hydrogen-bond donors (Lipinski definition) is 0. The van der Waals surface area contributed by atoms with Gasteiger partial charge in [0.15, 0.2) is 0 Å². The van der Waals surface area contributed by atoms with Gasteiger partial charge in [0.25, 0.3) is 0 Å². The molecule has 4 heterocycles. The predicted octanol–water partition coefficient (Wildman–Crippen LogP) is 1.62. The molecule has 0 unspecified atom stereocenters. The minimum Gasteiger partial charge on any atom is -0.417 e. The Morgan fingerprint density at radius 2 is 1.44 bits per heavy atom. The highest BCUT2D eigenvalue weighted by molar-refractivity contribution is 6.15. The molecule has 1 aromatic carbocycles. The van der Waals surface area contributed by atoms with Crippen molar-refractivity contribution < 1.29 is 22.4 Å². The Kier molecular flexibility index (Phi) is 7.43. The number of anilines is 1. The smallest absolute Gasteiger partial charge is 0.336 e. The molecular weight excluding hydrogens is 512 g/mol. The fourth-order valence-electron chi connectivity index (χ4n) is 4.46. The Morgan fingerprint density at radius 3 is 2.08 bits per heavy atom. The van der Waals surface area contributed by atoms with Gasteiger partial charge in [-0.2, -0.15) is 0 Å². The van der Waals surface area contributed by atoms with E-state index >= 15 is 0 Å². The second-order valence-electron chi connectivity index (χ2n) is 8.94. The number of hydrogen-bond acceptors (Lipinski definition) is 12. The van der Waals surface area contributed by atoms with Gasteiger partial charge in [-0.05, 0) is 20.0 Å². The number of aromatic nitrogens is 2. The van der Waals surface area contributed by atoms with Crippen LogP contribution in [0.3, 0.4) is 0 Å². The van der Waals surface area contributed by atoms with Crippen LogP contribution in [0.4, 0.5) is 5.95 Å². The Morgan fingerprint density at radius 1 is 0.846 bits per heavy atom. The van der Waals surface area contributed by atoms with Crippen molar-refractivity contribution in [1.29, 1.82) is 0 Å². The molecule has 0 radical (unpaired) electrons. The summed E-state index contributed by atoms with van der Waals surface area (Å²) in [4.78, 5) is 59.1. The van der Waals surface area contributed by atoms with Crippen LogP contribution < -0.4 is 27.4 Å². The van der Waals surface area contributed by atoms with Crippen LogP contribution in [0.5, 0.6) is 0 Å². The zero-order chi connectivity index (χ0) is 27.5. The van der Waals surface area contributed by atoms with Gasteiger partial charge in [-0.15, -0.1) is 6.58 Å². The topological polar surface area (TPSA) is 154 Å². The van der Waals surface area contributed by atoms with Crippen LogP contribution >= 0.6 is 0 Å². The molecule has 1 aliphatic heterocycles. The van der Waals surface area contributed by atoms with Crippen molar-refractivity contribution in [1.82, 2.24) is 14.5 Å². The first-order valence-corrected chi connectivity index (χ1v) is 12.3. The van der Waals surface area contributed by atoms with E-state index in [9.17, 15) is 19.2 Å². The van der Waals surface area contributed by atoms with Crippen LogP contribution in [0.1, 0.15) is 6.42 Å². The summed E-state index contributed by atoms with van der Waals surface area (Å²) in [6.45, 7) is 7.40. The summed E-state index contributed by atoms with van der Waals surface area (Å²) in [7, 11) is 2.03. The van der Waals surface area contributed by atoms with Gasteiger partial charge in [-0.1, -0.05) is 6.08 Å². The van der Waals surface area contributed by atoms with Crippen molar-refractivity contribution in [3.63, 3.8) is 0 Å². The van der Waals surface area contributed by atoms with E-state index in [0.717, 1.165) is 43.8 Å².